The second kappa shape index (κ2) is 9.46. The standard InChI is InChI=1S/C16H25NO6S.H2/c1-12(2)24(20,21)10-9-14(15(18)22-3)17-16(19)23-11-13-7-5-4-6-8-13;/h5,7-8,12,14H,4,6,9-11H2,1-3H3,(H,17,19);1H/t14-;/m0./s1. The van der Waals surface area contributed by atoms with Crippen LogP contribution in [0.5, 0.6) is 0 Å². The van der Waals surface area contributed by atoms with Crippen LogP contribution in [0.1, 0.15) is 34.5 Å². The Morgan fingerprint density at radius 3 is 2.58 bits per heavy atom. The Labute approximate surface area is 144 Å². The highest BCUT2D eigenvalue weighted by Gasteiger charge is 2.26. The highest BCUT2D eigenvalue weighted by molar-refractivity contribution is 7.91. The quantitative estimate of drug-likeness (QED) is 0.664. The van der Waals surface area contributed by atoms with Crippen LogP contribution in [0.25, 0.3) is 0 Å². The number of carbonyl (C=O) groups excluding carboxylic acids is 2. The van der Waals surface area contributed by atoms with Crippen LogP contribution >= 0.6 is 0 Å². The molecule has 0 fully saturated rings. The number of methoxy groups -OCH3 is 1. The number of amides is 1. The molecule has 0 aliphatic heterocycles. The van der Waals surface area contributed by atoms with E-state index in [1.54, 1.807) is 13.8 Å². The summed E-state index contributed by atoms with van der Waals surface area (Å²) >= 11 is 0. The fraction of sp³-hybridized carbons (Fsp3) is 0.625. The summed E-state index contributed by atoms with van der Waals surface area (Å²) in [6, 6.07) is -1.06. The van der Waals surface area contributed by atoms with Gasteiger partial charge in [0.1, 0.15) is 12.6 Å². The molecule has 0 heterocycles. The van der Waals surface area contributed by atoms with Crippen LogP contribution in [0.3, 0.4) is 0 Å². The van der Waals surface area contributed by atoms with Crippen LogP contribution in [0.4, 0.5) is 4.79 Å². The lowest BCUT2D eigenvalue weighted by molar-refractivity contribution is -0.143. The Hall–Kier alpha value is -1.83. The van der Waals surface area contributed by atoms with E-state index in [0.717, 1.165) is 18.4 Å². The molecular weight excluding hydrogens is 334 g/mol. The number of hydrogen-bond donors (Lipinski definition) is 1. The maximum atomic E-state index is 11.9. The van der Waals surface area contributed by atoms with Crippen molar-refractivity contribution in [2.45, 2.75) is 44.4 Å². The molecule has 24 heavy (non-hydrogen) atoms. The number of sulfone groups is 1. The van der Waals surface area contributed by atoms with E-state index in [2.05, 4.69) is 10.1 Å². The molecule has 1 N–H and O–H groups in total. The lowest BCUT2D eigenvalue weighted by atomic mass is 10.1. The molecule has 8 heteroatoms. The Balaban J connectivity index is 0.00000576. The predicted molar refractivity (Wildman–Crippen MR) is 92.4 cm³/mol. The molecule has 0 unspecified atom stereocenters. The molecule has 7 nitrogen and oxygen atoms in total. The van der Waals surface area contributed by atoms with Gasteiger partial charge in [0.2, 0.25) is 0 Å². The summed E-state index contributed by atoms with van der Waals surface area (Å²) in [5, 5.41) is 1.82. The first-order valence-corrected chi connectivity index (χ1v) is 9.56. The topological polar surface area (TPSA) is 98.8 Å². The Kier molecular flexibility index (Phi) is 7.97. The first-order valence-electron chi connectivity index (χ1n) is 7.84. The van der Waals surface area contributed by atoms with E-state index >= 15 is 0 Å². The van der Waals surface area contributed by atoms with Crippen LogP contribution in [-0.4, -0.2) is 51.2 Å². The van der Waals surface area contributed by atoms with Crippen LogP contribution in [-0.2, 0) is 24.1 Å². The Morgan fingerprint density at radius 1 is 1.33 bits per heavy atom. The monoisotopic (exact) mass is 361 g/mol. The molecule has 0 aromatic rings. The molecule has 138 valence electrons. The smallest absolute Gasteiger partial charge is 0.408 e. The summed E-state index contributed by atoms with van der Waals surface area (Å²) in [7, 11) is -2.14. The van der Waals surface area contributed by atoms with E-state index in [1.165, 1.54) is 7.11 Å². The first-order chi connectivity index (χ1) is 11.3. The minimum absolute atomic E-state index is 0. The summed E-state index contributed by atoms with van der Waals surface area (Å²) in [5.41, 5.74) is 0.883. The molecule has 0 spiro atoms. The third kappa shape index (κ3) is 6.74. The molecular formula is C16H27NO6S. The van der Waals surface area contributed by atoms with Crippen molar-refractivity contribution in [1.82, 2.24) is 5.32 Å². The summed E-state index contributed by atoms with van der Waals surface area (Å²) in [6.07, 6.45) is 6.85. The van der Waals surface area contributed by atoms with Crippen molar-refractivity contribution in [3.63, 3.8) is 0 Å². The summed E-state index contributed by atoms with van der Waals surface area (Å²) in [5.74, 6) is -0.929. The first kappa shape index (κ1) is 20.2. The van der Waals surface area contributed by atoms with Gasteiger partial charge in [-0.3, -0.25) is 0 Å². The second-order valence-corrected chi connectivity index (χ2v) is 8.44. The zero-order chi connectivity index (χ0) is 18.2. The normalized spacial score (nSPS) is 15.6. The number of alkyl carbamates (subject to hydrolysis) is 1. The third-order valence-corrected chi connectivity index (χ3v) is 5.87. The maximum absolute atomic E-state index is 11.9. The SMILES string of the molecule is COC(=O)[C@H](CCS(=O)(=O)C(C)C)NC(=O)OCC1=CCCC=C1.[HH]. The summed E-state index contributed by atoms with van der Waals surface area (Å²) in [4.78, 5) is 23.6. The van der Waals surface area contributed by atoms with Crippen molar-refractivity contribution >= 4 is 21.9 Å². The summed E-state index contributed by atoms with van der Waals surface area (Å²) < 4.78 is 33.4. The average Bonchev–Trinajstić information content (AvgIpc) is 2.56. The summed E-state index contributed by atoms with van der Waals surface area (Å²) in [6.45, 7) is 3.23. The number of nitrogens with one attached hydrogen (secondary N) is 1. The zero-order valence-electron chi connectivity index (χ0n) is 14.3. The van der Waals surface area contributed by atoms with Gasteiger partial charge in [-0.25, -0.2) is 18.0 Å². The Bertz CT molecular complexity index is 612. The van der Waals surface area contributed by atoms with Gasteiger partial charge in [0, 0.05) is 1.43 Å². The minimum Gasteiger partial charge on any atom is -0.467 e. The number of carbonyl (C=O) groups is 2. The molecule has 0 saturated heterocycles. The van der Waals surface area contributed by atoms with Gasteiger partial charge in [0.25, 0.3) is 0 Å². The van der Waals surface area contributed by atoms with Crippen molar-refractivity contribution in [3.05, 3.63) is 23.8 Å². The van der Waals surface area contributed by atoms with Crippen LogP contribution in [0.15, 0.2) is 23.8 Å². The molecule has 1 amide bonds. The highest BCUT2D eigenvalue weighted by Crippen LogP contribution is 2.10. The van der Waals surface area contributed by atoms with Crippen molar-refractivity contribution in [1.29, 1.82) is 0 Å². The van der Waals surface area contributed by atoms with E-state index in [9.17, 15) is 18.0 Å². The van der Waals surface area contributed by atoms with Gasteiger partial charge >= 0.3 is 12.1 Å². The molecule has 0 aromatic carbocycles. The van der Waals surface area contributed by atoms with Gasteiger partial charge in [0.05, 0.1) is 18.1 Å². The van der Waals surface area contributed by atoms with Crippen molar-refractivity contribution in [3.8, 4) is 0 Å². The third-order valence-electron chi connectivity index (χ3n) is 3.63. The van der Waals surface area contributed by atoms with Gasteiger partial charge in [-0.2, -0.15) is 0 Å². The van der Waals surface area contributed by atoms with Crippen LogP contribution in [0, 0.1) is 0 Å². The number of hydrogen-bond acceptors (Lipinski definition) is 6. The fourth-order valence-electron chi connectivity index (χ4n) is 2.02. The predicted octanol–water partition coefficient (Wildman–Crippen LogP) is 1.99. The zero-order valence-corrected chi connectivity index (χ0v) is 15.1. The largest absolute Gasteiger partial charge is 0.467 e. The van der Waals surface area contributed by atoms with Gasteiger partial charge in [0.15, 0.2) is 9.84 Å². The van der Waals surface area contributed by atoms with Gasteiger partial charge in [-0.1, -0.05) is 18.2 Å². The van der Waals surface area contributed by atoms with E-state index < -0.39 is 33.2 Å². The molecule has 0 bridgehead atoms. The number of allylic oxidation sites excluding steroid dienone is 2. The van der Waals surface area contributed by atoms with E-state index in [4.69, 9.17) is 4.74 Å². The Morgan fingerprint density at radius 2 is 2.04 bits per heavy atom. The molecule has 0 aromatic heterocycles. The number of esters is 1. The molecule has 0 radical (unpaired) electrons. The van der Waals surface area contributed by atoms with Gasteiger partial charge in [-0.05, 0) is 38.7 Å². The lowest BCUT2D eigenvalue weighted by Crippen LogP contribution is -2.43. The highest BCUT2D eigenvalue weighted by atomic mass is 32.2. The molecule has 1 atom stereocenters. The van der Waals surface area contributed by atoms with E-state index in [0.29, 0.717) is 0 Å². The van der Waals surface area contributed by atoms with E-state index in [-0.39, 0.29) is 20.2 Å². The van der Waals surface area contributed by atoms with E-state index in [1.807, 2.05) is 18.2 Å². The van der Waals surface area contributed by atoms with Gasteiger partial charge < -0.3 is 14.8 Å². The number of rotatable bonds is 8. The van der Waals surface area contributed by atoms with Crippen molar-refractivity contribution in [2.75, 3.05) is 19.5 Å². The lowest BCUT2D eigenvalue weighted by Gasteiger charge is -2.17. The molecule has 0 saturated carbocycles. The van der Waals surface area contributed by atoms with Crippen molar-refractivity contribution < 1.29 is 28.9 Å². The van der Waals surface area contributed by atoms with Crippen LogP contribution in [0.2, 0.25) is 0 Å². The minimum atomic E-state index is -3.32. The van der Waals surface area contributed by atoms with Crippen LogP contribution < -0.4 is 5.32 Å². The molecule has 1 aliphatic carbocycles. The maximum Gasteiger partial charge on any atom is 0.408 e. The second-order valence-electron chi connectivity index (χ2n) is 5.76. The molecule has 1 rings (SSSR count). The fourth-order valence-corrected chi connectivity index (χ4v) is 3.05. The number of ether oxygens (including phenoxy) is 2. The van der Waals surface area contributed by atoms with Crippen molar-refractivity contribution in [2.24, 2.45) is 0 Å². The average molecular weight is 361 g/mol. The van der Waals surface area contributed by atoms with Gasteiger partial charge in [-0.15, -0.1) is 0 Å². The molecule has 1 aliphatic rings.